The SMILES string of the molecule is CC(=O)N(C)[C@@H]1[C@@H](O)[C@H](N[C@@H]2C[C@H](CO)[C@H](O)[C@H](O)[C@H]2O)[C@@H](CO)O[C@H]1O. The van der Waals surface area contributed by atoms with Crippen LogP contribution in [0.3, 0.4) is 0 Å². The van der Waals surface area contributed by atoms with E-state index in [9.17, 15) is 40.5 Å². The number of amides is 1. The Kier molecular flexibility index (Phi) is 7.53. The van der Waals surface area contributed by atoms with E-state index in [1.165, 1.54) is 14.0 Å². The van der Waals surface area contributed by atoms with Gasteiger partial charge in [-0.05, 0) is 6.42 Å². The minimum Gasteiger partial charge on any atom is -0.396 e. The summed E-state index contributed by atoms with van der Waals surface area (Å²) in [6, 6.07) is -2.95. The maximum absolute atomic E-state index is 11.6. The normalized spacial score (nSPS) is 45.5. The Morgan fingerprint density at radius 1 is 1.04 bits per heavy atom. The van der Waals surface area contributed by atoms with Gasteiger partial charge < -0.3 is 50.7 Å². The van der Waals surface area contributed by atoms with E-state index in [0.29, 0.717) is 0 Å². The first kappa shape index (κ1) is 22.4. The Balaban J connectivity index is 2.21. The zero-order valence-corrected chi connectivity index (χ0v) is 15.3. The summed E-state index contributed by atoms with van der Waals surface area (Å²) in [6.07, 6.45) is -8.05. The van der Waals surface area contributed by atoms with Crippen LogP contribution in [0.25, 0.3) is 0 Å². The number of hydrogen-bond donors (Lipinski definition) is 8. The molecule has 27 heavy (non-hydrogen) atoms. The van der Waals surface area contributed by atoms with Gasteiger partial charge in [0.1, 0.15) is 18.2 Å². The summed E-state index contributed by atoms with van der Waals surface area (Å²) in [5.74, 6) is -1.11. The molecule has 11 nitrogen and oxygen atoms in total. The van der Waals surface area contributed by atoms with Crippen LogP contribution in [-0.4, -0.2) is 122 Å². The largest absolute Gasteiger partial charge is 0.396 e. The number of carbonyl (C=O) groups excluding carboxylic acids is 1. The van der Waals surface area contributed by atoms with Crippen molar-refractivity contribution in [2.45, 2.75) is 68.3 Å². The number of aliphatic hydroxyl groups is 7. The highest BCUT2D eigenvalue weighted by Gasteiger charge is 2.50. The number of ether oxygens (including phenoxy) is 1. The molecule has 1 heterocycles. The molecule has 0 radical (unpaired) electrons. The summed E-state index contributed by atoms with van der Waals surface area (Å²) >= 11 is 0. The van der Waals surface area contributed by atoms with Gasteiger partial charge in [0.2, 0.25) is 5.91 Å². The number of likely N-dealkylation sites (N-methyl/N-ethyl adjacent to an activating group) is 1. The average Bonchev–Trinajstić information content (AvgIpc) is 2.63. The van der Waals surface area contributed by atoms with E-state index >= 15 is 0 Å². The maximum atomic E-state index is 11.6. The lowest BCUT2D eigenvalue weighted by molar-refractivity contribution is -0.246. The van der Waals surface area contributed by atoms with Crippen molar-refractivity contribution in [1.29, 1.82) is 0 Å². The molecule has 1 saturated heterocycles. The molecule has 0 spiro atoms. The molecule has 158 valence electrons. The van der Waals surface area contributed by atoms with Crippen LogP contribution in [0.2, 0.25) is 0 Å². The van der Waals surface area contributed by atoms with E-state index in [1.807, 2.05) is 0 Å². The van der Waals surface area contributed by atoms with Crippen molar-refractivity contribution < 1.29 is 45.3 Å². The van der Waals surface area contributed by atoms with Crippen molar-refractivity contribution in [2.24, 2.45) is 5.92 Å². The van der Waals surface area contributed by atoms with Gasteiger partial charge in [0.25, 0.3) is 0 Å². The Bertz CT molecular complexity index is 508. The summed E-state index contributed by atoms with van der Waals surface area (Å²) in [5, 5.41) is 72.9. The van der Waals surface area contributed by atoms with Gasteiger partial charge in [0.05, 0.1) is 31.0 Å². The smallest absolute Gasteiger partial charge is 0.219 e. The highest BCUT2D eigenvalue weighted by Crippen LogP contribution is 2.29. The van der Waals surface area contributed by atoms with E-state index in [2.05, 4.69) is 5.32 Å². The Labute approximate surface area is 156 Å². The minimum absolute atomic E-state index is 0.0903. The van der Waals surface area contributed by atoms with Crippen LogP contribution < -0.4 is 5.32 Å². The second kappa shape index (κ2) is 9.07. The summed E-state index contributed by atoms with van der Waals surface area (Å²) < 4.78 is 5.33. The zero-order valence-electron chi connectivity index (χ0n) is 15.3. The third-order valence-electron chi connectivity index (χ3n) is 5.64. The Hall–Kier alpha value is -0.890. The number of nitrogens with zero attached hydrogens (tertiary/aromatic N) is 1. The molecule has 0 aromatic carbocycles. The van der Waals surface area contributed by atoms with Crippen LogP contribution in [-0.2, 0) is 9.53 Å². The third kappa shape index (κ3) is 4.42. The molecule has 0 unspecified atom stereocenters. The highest BCUT2D eigenvalue weighted by molar-refractivity contribution is 5.73. The first-order valence-corrected chi connectivity index (χ1v) is 8.91. The fourth-order valence-electron chi connectivity index (χ4n) is 3.86. The van der Waals surface area contributed by atoms with Gasteiger partial charge in [0, 0.05) is 32.5 Å². The summed E-state index contributed by atoms with van der Waals surface area (Å²) in [7, 11) is 1.39. The maximum Gasteiger partial charge on any atom is 0.219 e. The van der Waals surface area contributed by atoms with Crippen molar-refractivity contribution >= 4 is 5.91 Å². The highest BCUT2D eigenvalue weighted by atomic mass is 16.6. The summed E-state index contributed by atoms with van der Waals surface area (Å²) in [4.78, 5) is 12.8. The number of carbonyl (C=O) groups is 1. The number of nitrogens with one attached hydrogen (secondary N) is 1. The first-order valence-electron chi connectivity index (χ1n) is 8.91. The molecule has 0 aromatic heterocycles. The van der Waals surface area contributed by atoms with Crippen molar-refractivity contribution in [3.8, 4) is 0 Å². The lowest BCUT2D eigenvalue weighted by Gasteiger charge is -2.48. The van der Waals surface area contributed by atoms with E-state index in [-0.39, 0.29) is 6.42 Å². The molecule has 2 fully saturated rings. The molecule has 2 rings (SSSR count). The quantitative estimate of drug-likeness (QED) is 0.225. The fourth-order valence-corrected chi connectivity index (χ4v) is 3.86. The molecular weight excluding hydrogens is 364 g/mol. The summed E-state index contributed by atoms with van der Waals surface area (Å²) in [5.41, 5.74) is 0. The monoisotopic (exact) mass is 394 g/mol. The van der Waals surface area contributed by atoms with Crippen LogP contribution in [0.5, 0.6) is 0 Å². The van der Waals surface area contributed by atoms with Crippen LogP contribution >= 0.6 is 0 Å². The molecule has 1 saturated carbocycles. The zero-order chi connectivity index (χ0) is 20.5. The van der Waals surface area contributed by atoms with Gasteiger partial charge in [-0.25, -0.2) is 0 Å². The molecule has 11 heteroatoms. The van der Waals surface area contributed by atoms with Crippen molar-refractivity contribution in [3.63, 3.8) is 0 Å². The molecular formula is C16H30N2O9. The van der Waals surface area contributed by atoms with Gasteiger partial charge in [-0.2, -0.15) is 0 Å². The van der Waals surface area contributed by atoms with Crippen LogP contribution in [0.15, 0.2) is 0 Å². The molecule has 1 aliphatic carbocycles. The van der Waals surface area contributed by atoms with Crippen molar-refractivity contribution in [3.05, 3.63) is 0 Å². The van der Waals surface area contributed by atoms with Crippen molar-refractivity contribution in [2.75, 3.05) is 20.3 Å². The van der Waals surface area contributed by atoms with Gasteiger partial charge in [-0.15, -0.1) is 0 Å². The molecule has 2 aliphatic rings. The number of rotatable bonds is 5. The minimum atomic E-state index is -1.53. The molecule has 1 aliphatic heterocycles. The van der Waals surface area contributed by atoms with E-state index in [1.54, 1.807) is 0 Å². The van der Waals surface area contributed by atoms with Crippen molar-refractivity contribution in [1.82, 2.24) is 10.2 Å². The van der Waals surface area contributed by atoms with Gasteiger partial charge in [0.15, 0.2) is 6.29 Å². The molecule has 10 atom stereocenters. The van der Waals surface area contributed by atoms with Gasteiger partial charge >= 0.3 is 0 Å². The van der Waals surface area contributed by atoms with Crippen LogP contribution in [0, 0.1) is 5.92 Å². The number of hydrogen-bond acceptors (Lipinski definition) is 10. The Morgan fingerprint density at radius 2 is 1.67 bits per heavy atom. The lowest BCUT2D eigenvalue weighted by Crippen LogP contribution is -2.71. The van der Waals surface area contributed by atoms with Crippen LogP contribution in [0.4, 0.5) is 0 Å². The van der Waals surface area contributed by atoms with Gasteiger partial charge in [-0.3, -0.25) is 4.79 Å². The molecule has 1 amide bonds. The second-order valence-corrected chi connectivity index (χ2v) is 7.31. The molecule has 0 aromatic rings. The first-order chi connectivity index (χ1) is 12.6. The topological polar surface area (TPSA) is 183 Å². The van der Waals surface area contributed by atoms with E-state index in [4.69, 9.17) is 4.74 Å². The molecule has 0 bridgehead atoms. The second-order valence-electron chi connectivity index (χ2n) is 7.31. The van der Waals surface area contributed by atoms with Gasteiger partial charge in [-0.1, -0.05) is 0 Å². The molecule has 8 N–H and O–H groups in total. The lowest BCUT2D eigenvalue weighted by atomic mass is 9.79. The average molecular weight is 394 g/mol. The summed E-state index contributed by atoms with van der Waals surface area (Å²) in [6.45, 7) is 0.291. The Morgan fingerprint density at radius 3 is 2.19 bits per heavy atom. The van der Waals surface area contributed by atoms with Crippen LogP contribution in [0.1, 0.15) is 13.3 Å². The standard InChI is InChI=1S/C16H30N2O9/c1-6(21)18(2)11-14(24)10(9(5-20)27-16(11)26)17-8-3-7(4-19)12(22)15(25)13(8)23/h7-17,19-20,22-26H,3-5H2,1-2H3/t7-,8-,9-,10-,11-,12+,13+,14+,15+,16-/m1/s1. The number of aliphatic hydroxyl groups excluding tert-OH is 7. The predicted octanol–water partition coefficient (Wildman–Crippen LogP) is -4.67. The fraction of sp³-hybridized carbons (Fsp3) is 0.938. The van der Waals surface area contributed by atoms with E-state index in [0.717, 1.165) is 4.90 Å². The predicted molar refractivity (Wildman–Crippen MR) is 90.1 cm³/mol. The third-order valence-corrected chi connectivity index (χ3v) is 5.64. The van der Waals surface area contributed by atoms with E-state index < -0.39 is 80.0 Å².